The summed E-state index contributed by atoms with van der Waals surface area (Å²) in [4.78, 5) is 22.4. The van der Waals surface area contributed by atoms with E-state index >= 15 is 0 Å². The highest BCUT2D eigenvalue weighted by Crippen LogP contribution is 2.32. The van der Waals surface area contributed by atoms with Gasteiger partial charge in [0.2, 0.25) is 5.91 Å². The van der Waals surface area contributed by atoms with Gasteiger partial charge < -0.3 is 10.4 Å². The lowest BCUT2D eigenvalue weighted by molar-refractivity contribution is -0.160. The van der Waals surface area contributed by atoms with E-state index in [9.17, 15) is 22.8 Å². The maximum absolute atomic E-state index is 12.0. The molecule has 0 atom stereocenters. The number of aliphatic carboxylic acids is 1. The zero-order valence-corrected chi connectivity index (χ0v) is 10.0. The van der Waals surface area contributed by atoms with E-state index in [4.69, 9.17) is 5.11 Å². The van der Waals surface area contributed by atoms with Crippen LogP contribution in [-0.2, 0) is 9.59 Å². The molecule has 1 rings (SSSR count). The number of alkyl halides is 3. The van der Waals surface area contributed by atoms with Crippen molar-refractivity contribution >= 4 is 11.9 Å². The zero-order valence-electron chi connectivity index (χ0n) is 10.0. The van der Waals surface area contributed by atoms with Crippen LogP contribution in [0.25, 0.3) is 0 Å². The third kappa shape index (κ3) is 3.89. The Kier molecular flexibility index (Phi) is 4.24. The first-order chi connectivity index (χ1) is 8.15. The highest BCUT2D eigenvalue weighted by atomic mass is 19.4. The van der Waals surface area contributed by atoms with Crippen LogP contribution >= 0.6 is 0 Å². The number of carboxylic acids is 1. The van der Waals surface area contributed by atoms with Crippen LogP contribution in [0.3, 0.4) is 0 Å². The van der Waals surface area contributed by atoms with E-state index in [2.05, 4.69) is 5.32 Å². The lowest BCUT2D eigenvalue weighted by atomic mass is 9.77. The van der Waals surface area contributed by atoms with Crippen molar-refractivity contribution in [2.75, 3.05) is 0 Å². The van der Waals surface area contributed by atoms with Gasteiger partial charge in [-0.15, -0.1) is 0 Å². The molecule has 0 saturated heterocycles. The summed E-state index contributed by atoms with van der Waals surface area (Å²) < 4.78 is 36.1. The summed E-state index contributed by atoms with van der Waals surface area (Å²) in [6.45, 7) is 1.95. The van der Waals surface area contributed by atoms with Gasteiger partial charge in [0.25, 0.3) is 0 Å². The summed E-state index contributed by atoms with van der Waals surface area (Å²) in [5.74, 6) is -2.21. The van der Waals surface area contributed by atoms with Crippen molar-refractivity contribution in [3.05, 3.63) is 0 Å². The molecule has 7 heteroatoms. The fraction of sp³-hybridized carbons (Fsp3) is 0.818. The first kappa shape index (κ1) is 14.8. The van der Waals surface area contributed by atoms with Gasteiger partial charge in [0, 0.05) is 0 Å². The van der Waals surface area contributed by atoms with Gasteiger partial charge in [-0.1, -0.05) is 6.92 Å². The molecule has 0 radical (unpaired) electrons. The molecule has 1 aliphatic rings. The molecule has 104 valence electrons. The molecular formula is C11H16F3NO3. The van der Waals surface area contributed by atoms with Crippen LogP contribution in [0.15, 0.2) is 0 Å². The Morgan fingerprint density at radius 1 is 1.33 bits per heavy atom. The number of amides is 1. The molecule has 1 saturated carbocycles. The number of halogens is 3. The third-order valence-corrected chi connectivity index (χ3v) is 3.28. The van der Waals surface area contributed by atoms with Gasteiger partial charge in [0.1, 0.15) is 12.0 Å². The van der Waals surface area contributed by atoms with Crippen LogP contribution in [0.5, 0.6) is 0 Å². The van der Waals surface area contributed by atoms with Crippen LogP contribution < -0.4 is 5.32 Å². The second kappa shape index (κ2) is 5.16. The predicted molar refractivity (Wildman–Crippen MR) is 56.8 cm³/mol. The molecule has 0 aromatic heterocycles. The molecule has 0 aromatic carbocycles. The molecule has 18 heavy (non-hydrogen) atoms. The number of carbonyl (C=O) groups excluding carboxylic acids is 1. The van der Waals surface area contributed by atoms with Gasteiger partial charge in [0.05, 0.1) is 0 Å². The van der Waals surface area contributed by atoms with E-state index in [1.807, 2.05) is 6.92 Å². The quantitative estimate of drug-likeness (QED) is 0.822. The number of carbonyl (C=O) groups is 2. The molecule has 0 spiro atoms. The first-order valence-corrected chi connectivity index (χ1v) is 5.76. The SMILES string of the molecule is CC1CCC(NC(=O)CC(F)(F)F)(C(=O)O)CC1. The highest BCUT2D eigenvalue weighted by Gasteiger charge is 2.44. The van der Waals surface area contributed by atoms with Crippen LogP contribution in [0.4, 0.5) is 13.2 Å². The Hall–Kier alpha value is -1.27. The van der Waals surface area contributed by atoms with Crippen molar-refractivity contribution in [3.63, 3.8) is 0 Å². The van der Waals surface area contributed by atoms with Gasteiger partial charge in [0.15, 0.2) is 0 Å². The number of hydrogen-bond donors (Lipinski definition) is 2. The first-order valence-electron chi connectivity index (χ1n) is 5.76. The van der Waals surface area contributed by atoms with E-state index in [0.29, 0.717) is 18.8 Å². The number of hydrogen-bond acceptors (Lipinski definition) is 2. The number of nitrogens with one attached hydrogen (secondary N) is 1. The summed E-state index contributed by atoms with van der Waals surface area (Å²) in [5, 5.41) is 11.2. The van der Waals surface area contributed by atoms with Gasteiger partial charge in [-0.2, -0.15) is 13.2 Å². The summed E-state index contributed by atoms with van der Waals surface area (Å²) in [7, 11) is 0. The van der Waals surface area contributed by atoms with Crippen molar-refractivity contribution in [1.29, 1.82) is 0 Å². The highest BCUT2D eigenvalue weighted by molar-refractivity contribution is 5.87. The molecule has 0 heterocycles. The molecule has 1 aliphatic carbocycles. The lowest BCUT2D eigenvalue weighted by Gasteiger charge is -2.36. The van der Waals surface area contributed by atoms with Crippen LogP contribution in [0.1, 0.15) is 39.0 Å². The van der Waals surface area contributed by atoms with Gasteiger partial charge in [-0.3, -0.25) is 4.79 Å². The lowest BCUT2D eigenvalue weighted by Crippen LogP contribution is -2.56. The van der Waals surface area contributed by atoms with E-state index in [0.717, 1.165) is 0 Å². The fourth-order valence-electron chi connectivity index (χ4n) is 2.14. The van der Waals surface area contributed by atoms with E-state index in [1.54, 1.807) is 0 Å². The van der Waals surface area contributed by atoms with Crippen LogP contribution in [-0.4, -0.2) is 28.7 Å². The number of carboxylic acid groups (broad SMARTS) is 1. The Balaban J connectivity index is 2.70. The average molecular weight is 267 g/mol. The maximum Gasteiger partial charge on any atom is 0.397 e. The van der Waals surface area contributed by atoms with E-state index in [-0.39, 0.29) is 12.8 Å². The molecule has 0 aromatic rings. The normalized spacial score (nSPS) is 28.8. The second-order valence-electron chi connectivity index (χ2n) is 4.91. The van der Waals surface area contributed by atoms with Gasteiger partial charge in [-0.05, 0) is 31.6 Å². The molecule has 0 unspecified atom stereocenters. The minimum absolute atomic E-state index is 0.174. The average Bonchev–Trinajstić information content (AvgIpc) is 2.18. The molecule has 0 bridgehead atoms. The fourth-order valence-corrected chi connectivity index (χ4v) is 2.14. The molecule has 1 amide bonds. The predicted octanol–water partition coefficient (Wildman–Crippen LogP) is 2.09. The Morgan fingerprint density at radius 2 is 1.83 bits per heavy atom. The molecule has 0 aliphatic heterocycles. The van der Waals surface area contributed by atoms with Crippen molar-refractivity contribution < 1.29 is 27.9 Å². The van der Waals surface area contributed by atoms with Crippen molar-refractivity contribution in [2.24, 2.45) is 5.92 Å². The minimum atomic E-state index is -4.62. The molecule has 2 N–H and O–H groups in total. The minimum Gasteiger partial charge on any atom is -0.480 e. The Bertz CT molecular complexity index is 333. The van der Waals surface area contributed by atoms with Crippen LogP contribution in [0, 0.1) is 5.92 Å². The molecule has 4 nitrogen and oxygen atoms in total. The third-order valence-electron chi connectivity index (χ3n) is 3.28. The zero-order chi connectivity index (χ0) is 14.0. The van der Waals surface area contributed by atoms with Crippen molar-refractivity contribution in [3.8, 4) is 0 Å². The van der Waals surface area contributed by atoms with Crippen molar-refractivity contribution in [2.45, 2.75) is 50.7 Å². The standard InChI is InChI=1S/C11H16F3NO3/c1-7-2-4-10(5-3-7,9(17)18)15-8(16)6-11(12,13)14/h7H,2-6H2,1H3,(H,15,16)(H,17,18). The van der Waals surface area contributed by atoms with Crippen LogP contribution in [0.2, 0.25) is 0 Å². The number of rotatable bonds is 3. The Morgan fingerprint density at radius 3 is 2.22 bits per heavy atom. The van der Waals surface area contributed by atoms with Crippen molar-refractivity contribution in [1.82, 2.24) is 5.32 Å². The van der Waals surface area contributed by atoms with E-state index in [1.165, 1.54) is 0 Å². The topological polar surface area (TPSA) is 66.4 Å². The summed E-state index contributed by atoms with van der Waals surface area (Å²) in [6.07, 6.45) is -4.75. The van der Waals surface area contributed by atoms with Gasteiger partial charge >= 0.3 is 12.1 Å². The maximum atomic E-state index is 12.0. The monoisotopic (exact) mass is 267 g/mol. The summed E-state index contributed by atoms with van der Waals surface area (Å²) in [5.41, 5.74) is -1.53. The summed E-state index contributed by atoms with van der Waals surface area (Å²) >= 11 is 0. The van der Waals surface area contributed by atoms with E-state index < -0.39 is 30.0 Å². The smallest absolute Gasteiger partial charge is 0.397 e. The molecule has 1 fully saturated rings. The summed E-state index contributed by atoms with van der Waals surface area (Å²) in [6, 6.07) is 0. The van der Waals surface area contributed by atoms with Gasteiger partial charge in [-0.25, -0.2) is 4.79 Å². The largest absolute Gasteiger partial charge is 0.480 e. The Labute approximate surface area is 103 Å². The second-order valence-corrected chi connectivity index (χ2v) is 4.91. The molecular weight excluding hydrogens is 251 g/mol.